The second-order valence-electron chi connectivity index (χ2n) is 5.15. The van der Waals surface area contributed by atoms with E-state index in [4.69, 9.17) is 4.74 Å². The number of amides is 1. The zero-order chi connectivity index (χ0) is 17.6. The van der Waals surface area contributed by atoms with E-state index in [2.05, 4.69) is 10.0 Å². The normalized spacial score (nSPS) is 11.1. The molecule has 2 rings (SSSR count). The molecule has 0 unspecified atom stereocenters. The smallest absolute Gasteiger partial charge is 0.241 e. The Balaban J connectivity index is 1.92. The number of ether oxygens (including phenoxy) is 1. The molecule has 0 aliphatic carbocycles. The van der Waals surface area contributed by atoms with Crippen LogP contribution in [0.4, 0.5) is 5.69 Å². The fourth-order valence-corrected chi connectivity index (χ4v) is 3.12. The van der Waals surface area contributed by atoms with Crippen LogP contribution in [0.15, 0.2) is 53.4 Å². The maximum atomic E-state index is 12.2. The minimum Gasteiger partial charge on any atom is -0.494 e. The third-order valence-electron chi connectivity index (χ3n) is 3.17. The van der Waals surface area contributed by atoms with Crippen molar-refractivity contribution in [3.63, 3.8) is 0 Å². The summed E-state index contributed by atoms with van der Waals surface area (Å²) in [6, 6.07) is 13.3. The first-order chi connectivity index (χ1) is 11.4. The van der Waals surface area contributed by atoms with Gasteiger partial charge in [-0.05, 0) is 55.8 Å². The third-order valence-corrected chi connectivity index (χ3v) is 4.57. The molecule has 0 aromatic heterocycles. The Labute approximate surface area is 141 Å². The topological polar surface area (TPSA) is 84.5 Å². The molecule has 0 fully saturated rings. The number of carbonyl (C=O) groups excluding carboxylic acids is 1. The van der Waals surface area contributed by atoms with Crippen molar-refractivity contribution < 1.29 is 17.9 Å². The van der Waals surface area contributed by atoms with Gasteiger partial charge < -0.3 is 10.1 Å². The summed E-state index contributed by atoms with van der Waals surface area (Å²) in [5.74, 6) is 0.256. The predicted octanol–water partition coefficient (Wildman–Crippen LogP) is 2.31. The van der Waals surface area contributed by atoms with Gasteiger partial charge in [0.05, 0.1) is 18.0 Å². The highest BCUT2D eigenvalue weighted by Crippen LogP contribution is 2.15. The van der Waals surface area contributed by atoms with Gasteiger partial charge in [-0.25, -0.2) is 13.1 Å². The van der Waals surface area contributed by atoms with Crippen molar-refractivity contribution in [2.75, 3.05) is 18.5 Å². The Morgan fingerprint density at radius 1 is 1.12 bits per heavy atom. The van der Waals surface area contributed by atoms with Gasteiger partial charge in [0.1, 0.15) is 5.75 Å². The van der Waals surface area contributed by atoms with Gasteiger partial charge in [-0.3, -0.25) is 4.79 Å². The van der Waals surface area contributed by atoms with Gasteiger partial charge in [0.25, 0.3) is 0 Å². The SMILES string of the molecule is CCOc1ccc(NC(=O)CNS(=O)(=O)c2cccc(C)c2)cc1. The molecule has 0 bridgehead atoms. The van der Waals surface area contributed by atoms with Crippen molar-refractivity contribution >= 4 is 21.6 Å². The summed E-state index contributed by atoms with van der Waals surface area (Å²) < 4.78 is 31.9. The molecule has 0 saturated carbocycles. The summed E-state index contributed by atoms with van der Waals surface area (Å²) >= 11 is 0. The second-order valence-corrected chi connectivity index (χ2v) is 6.91. The van der Waals surface area contributed by atoms with Crippen LogP contribution in [0.1, 0.15) is 12.5 Å². The molecular weight excluding hydrogens is 328 g/mol. The van der Waals surface area contributed by atoms with Crippen LogP contribution in [-0.4, -0.2) is 27.5 Å². The van der Waals surface area contributed by atoms with Crippen molar-refractivity contribution in [1.82, 2.24) is 4.72 Å². The van der Waals surface area contributed by atoms with E-state index in [0.29, 0.717) is 18.0 Å². The quantitative estimate of drug-likeness (QED) is 0.804. The molecule has 2 aromatic rings. The fraction of sp³-hybridized carbons (Fsp3) is 0.235. The van der Waals surface area contributed by atoms with Crippen LogP contribution < -0.4 is 14.8 Å². The molecule has 0 radical (unpaired) electrons. The highest BCUT2D eigenvalue weighted by Gasteiger charge is 2.15. The molecule has 128 valence electrons. The summed E-state index contributed by atoms with van der Waals surface area (Å²) in [5.41, 5.74) is 1.40. The average Bonchev–Trinajstić information content (AvgIpc) is 2.55. The van der Waals surface area contributed by atoms with E-state index in [-0.39, 0.29) is 11.4 Å². The number of benzene rings is 2. The van der Waals surface area contributed by atoms with Gasteiger partial charge in [0, 0.05) is 5.69 Å². The van der Waals surface area contributed by atoms with Crippen molar-refractivity contribution in [3.8, 4) is 5.75 Å². The number of hydrogen-bond donors (Lipinski definition) is 2. The lowest BCUT2D eigenvalue weighted by Crippen LogP contribution is -2.32. The Kier molecular flexibility index (Phi) is 5.94. The first-order valence-corrected chi connectivity index (χ1v) is 8.98. The predicted molar refractivity (Wildman–Crippen MR) is 92.6 cm³/mol. The highest BCUT2D eigenvalue weighted by atomic mass is 32.2. The first kappa shape index (κ1) is 18.0. The largest absolute Gasteiger partial charge is 0.494 e. The number of nitrogens with one attached hydrogen (secondary N) is 2. The molecule has 1 amide bonds. The van der Waals surface area contributed by atoms with Gasteiger partial charge in [-0.1, -0.05) is 12.1 Å². The lowest BCUT2D eigenvalue weighted by atomic mass is 10.2. The average molecular weight is 348 g/mol. The lowest BCUT2D eigenvalue weighted by Gasteiger charge is -2.09. The van der Waals surface area contributed by atoms with Crippen molar-refractivity contribution in [2.24, 2.45) is 0 Å². The van der Waals surface area contributed by atoms with E-state index in [1.54, 1.807) is 49.4 Å². The second kappa shape index (κ2) is 7.94. The molecule has 0 aliphatic rings. The van der Waals surface area contributed by atoms with Gasteiger partial charge in [0.15, 0.2) is 0 Å². The Hall–Kier alpha value is -2.38. The van der Waals surface area contributed by atoms with Crippen LogP contribution in [0.5, 0.6) is 5.75 Å². The van der Waals surface area contributed by atoms with E-state index >= 15 is 0 Å². The number of carbonyl (C=O) groups is 1. The maximum Gasteiger partial charge on any atom is 0.241 e. The number of sulfonamides is 1. The number of hydrogen-bond acceptors (Lipinski definition) is 4. The number of anilines is 1. The molecule has 0 saturated heterocycles. The zero-order valence-corrected chi connectivity index (χ0v) is 14.4. The van der Waals surface area contributed by atoms with E-state index in [9.17, 15) is 13.2 Å². The molecule has 0 atom stereocenters. The lowest BCUT2D eigenvalue weighted by molar-refractivity contribution is -0.115. The third kappa shape index (κ3) is 5.07. The summed E-state index contributed by atoms with van der Waals surface area (Å²) in [7, 11) is -3.72. The zero-order valence-electron chi connectivity index (χ0n) is 13.6. The Bertz CT molecular complexity index is 802. The van der Waals surface area contributed by atoms with Crippen LogP contribution in [0, 0.1) is 6.92 Å². The van der Waals surface area contributed by atoms with Crippen LogP contribution in [0.2, 0.25) is 0 Å². The molecule has 7 heteroatoms. The van der Waals surface area contributed by atoms with E-state index in [0.717, 1.165) is 5.56 Å². The number of rotatable bonds is 7. The molecule has 0 aliphatic heterocycles. The Morgan fingerprint density at radius 3 is 2.46 bits per heavy atom. The molecule has 0 spiro atoms. The minimum atomic E-state index is -3.72. The van der Waals surface area contributed by atoms with Crippen molar-refractivity contribution in [2.45, 2.75) is 18.7 Å². The number of aryl methyl sites for hydroxylation is 1. The molecule has 2 aromatic carbocycles. The van der Waals surface area contributed by atoms with E-state index in [1.165, 1.54) is 6.07 Å². The fourth-order valence-electron chi connectivity index (χ4n) is 2.03. The van der Waals surface area contributed by atoms with E-state index < -0.39 is 15.9 Å². The van der Waals surface area contributed by atoms with Crippen molar-refractivity contribution in [3.05, 3.63) is 54.1 Å². The monoisotopic (exact) mass is 348 g/mol. The standard InChI is InChI=1S/C17H20N2O4S/c1-3-23-15-9-7-14(8-10-15)19-17(20)12-18-24(21,22)16-6-4-5-13(2)11-16/h4-11,18H,3,12H2,1-2H3,(H,19,20). The first-order valence-electron chi connectivity index (χ1n) is 7.50. The summed E-state index contributed by atoms with van der Waals surface area (Å²) in [5, 5.41) is 2.63. The molecule has 24 heavy (non-hydrogen) atoms. The van der Waals surface area contributed by atoms with Gasteiger partial charge in [0.2, 0.25) is 15.9 Å². The van der Waals surface area contributed by atoms with Gasteiger partial charge in [-0.15, -0.1) is 0 Å². The van der Waals surface area contributed by atoms with Gasteiger partial charge in [-0.2, -0.15) is 0 Å². The summed E-state index contributed by atoms with van der Waals surface area (Å²) in [6.07, 6.45) is 0. The molecule has 2 N–H and O–H groups in total. The molecule has 0 heterocycles. The Morgan fingerprint density at radius 2 is 1.83 bits per heavy atom. The van der Waals surface area contributed by atoms with Crippen LogP contribution in [-0.2, 0) is 14.8 Å². The van der Waals surface area contributed by atoms with Gasteiger partial charge >= 0.3 is 0 Å². The molecular formula is C17H20N2O4S. The summed E-state index contributed by atoms with van der Waals surface area (Å²) in [4.78, 5) is 12.0. The van der Waals surface area contributed by atoms with E-state index in [1.807, 2.05) is 6.92 Å². The van der Waals surface area contributed by atoms with Crippen LogP contribution in [0.25, 0.3) is 0 Å². The van der Waals surface area contributed by atoms with Crippen LogP contribution >= 0.6 is 0 Å². The minimum absolute atomic E-state index is 0.136. The highest BCUT2D eigenvalue weighted by molar-refractivity contribution is 7.89. The molecule has 6 nitrogen and oxygen atoms in total. The summed E-state index contributed by atoms with van der Waals surface area (Å²) in [6.45, 7) is 3.91. The maximum absolute atomic E-state index is 12.2. The van der Waals surface area contributed by atoms with Crippen LogP contribution in [0.3, 0.4) is 0 Å². The van der Waals surface area contributed by atoms with Crippen molar-refractivity contribution in [1.29, 1.82) is 0 Å².